The minimum atomic E-state index is -0.0556. The Balaban J connectivity index is 4.49. The van der Waals surface area contributed by atoms with Crippen LogP contribution < -0.4 is 0 Å². The quantitative estimate of drug-likeness (QED) is 0.535. The van der Waals surface area contributed by atoms with E-state index in [1.807, 2.05) is 18.7 Å². The highest BCUT2D eigenvalue weighted by Gasteiger charge is 2.25. The molecule has 1 amide bonds. The van der Waals surface area contributed by atoms with Crippen LogP contribution in [0.4, 0.5) is 0 Å². The van der Waals surface area contributed by atoms with E-state index in [9.17, 15) is 4.79 Å². The third-order valence-electron chi connectivity index (χ3n) is 1.58. The molecule has 11 heavy (non-hydrogen) atoms. The molecule has 0 saturated carbocycles. The molecule has 0 spiro atoms. The highest BCUT2D eigenvalue weighted by atomic mass is 16.2. The van der Waals surface area contributed by atoms with E-state index in [4.69, 9.17) is 0 Å². The van der Waals surface area contributed by atoms with E-state index in [0.717, 1.165) is 0 Å². The highest BCUT2D eigenvalue weighted by molar-refractivity contribution is 6.15. The largest absolute Gasteiger partial charge is 0.343 e. The fourth-order valence-electron chi connectivity index (χ4n) is 1.61. The van der Waals surface area contributed by atoms with Gasteiger partial charge in [-0.25, -0.2) is 0 Å². The summed E-state index contributed by atoms with van der Waals surface area (Å²) in [5.74, 6) is 0.146. The van der Waals surface area contributed by atoms with Gasteiger partial charge >= 0.3 is 0 Å². The molecule has 0 aromatic heterocycles. The first-order valence-corrected chi connectivity index (χ1v) is 4.06. The molecule has 0 N–H and O–H groups in total. The lowest BCUT2D eigenvalue weighted by atomic mass is 9.79. The zero-order valence-corrected chi connectivity index (χ0v) is 8.43. The van der Waals surface area contributed by atoms with E-state index in [2.05, 4.69) is 21.7 Å². The summed E-state index contributed by atoms with van der Waals surface area (Å²) in [6.45, 7) is 9.79. The lowest BCUT2D eigenvalue weighted by Gasteiger charge is -2.38. The Morgan fingerprint density at radius 3 is 1.82 bits per heavy atom. The monoisotopic (exact) mass is 155 g/mol. The molecule has 0 aliphatic rings. The van der Waals surface area contributed by atoms with Crippen molar-refractivity contribution in [1.29, 1.82) is 0 Å². The smallest absolute Gasteiger partial charge is 0.219 e. The van der Waals surface area contributed by atoms with E-state index in [1.54, 1.807) is 6.92 Å². The molecule has 0 saturated heterocycles. The second-order valence-electron chi connectivity index (χ2n) is 4.15. The van der Waals surface area contributed by atoms with Crippen molar-refractivity contribution in [3.63, 3.8) is 0 Å². The maximum atomic E-state index is 11.2. The summed E-state index contributed by atoms with van der Waals surface area (Å²) < 4.78 is 0. The minimum absolute atomic E-state index is 0.0556. The van der Waals surface area contributed by atoms with Crippen LogP contribution in [-0.4, -0.2) is 30.1 Å². The number of amides is 1. The first-order chi connectivity index (χ1) is 4.76. The molecular formula is C8H18BNO. The summed E-state index contributed by atoms with van der Waals surface area (Å²) in [5, 5.41) is 0. The Kier molecular flexibility index (Phi) is 3.15. The van der Waals surface area contributed by atoms with E-state index in [-0.39, 0.29) is 17.4 Å². The maximum Gasteiger partial charge on any atom is 0.219 e. The van der Waals surface area contributed by atoms with Gasteiger partial charge in [-0.2, -0.15) is 0 Å². The average molecular weight is 155 g/mol. The average Bonchev–Trinajstić information content (AvgIpc) is 1.54. The summed E-state index contributed by atoms with van der Waals surface area (Å²) in [7, 11) is 2.05. The van der Waals surface area contributed by atoms with Crippen molar-refractivity contribution in [3.8, 4) is 0 Å². The first-order valence-electron chi connectivity index (χ1n) is 4.06. The SMILES string of the molecule is BC(C)(C)N(C(C)=O)C(C)C. The molecule has 0 fully saturated rings. The van der Waals surface area contributed by atoms with Gasteiger partial charge in [-0.15, -0.1) is 0 Å². The van der Waals surface area contributed by atoms with Crippen LogP contribution >= 0.6 is 0 Å². The van der Waals surface area contributed by atoms with E-state index in [0.29, 0.717) is 0 Å². The molecule has 0 atom stereocenters. The van der Waals surface area contributed by atoms with Gasteiger partial charge in [-0.3, -0.25) is 4.79 Å². The van der Waals surface area contributed by atoms with Crippen molar-refractivity contribution in [2.75, 3.05) is 0 Å². The van der Waals surface area contributed by atoms with Crippen LogP contribution in [0.3, 0.4) is 0 Å². The fourth-order valence-corrected chi connectivity index (χ4v) is 1.61. The Morgan fingerprint density at radius 2 is 1.82 bits per heavy atom. The zero-order valence-electron chi connectivity index (χ0n) is 8.43. The first kappa shape index (κ1) is 10.5. The van der Waals surface area contributed by atoms with Crippen LogP contribution in [0.5, 0.6) is 0 Å². The molecule has 2 nitrogen and oxygen atoms in total. The molecule has 3 heteroatoms. The van der Waals surface area contributed by atoms with Crippen molar-refractivity contribution in [1.82, 2.24) is 4.90 Å². The number of carbonyl (C=O) groups excluding carboxylic acids is 1. The van der Waals surface area contributed by atoms with E-state index < -0.39 is 0 Å². The van der Waals surface area contributed by atoms with Gasteiger partial charge in [0.2, 0.25) is 5.91 Å². The van der Waals surface area contributed by atoms with Gasteiger partial charge in [-0.05, 0) is 27.7 Å². The minimum Gasteiger partial charge on any atom is -0.343 e. The van der Waals surface area contributed by atoms with Gasteiger partial charge in [0.25, 0.3) is 0 Å². The topological polar surface area (TPSA) is 20.3 Å². The van der Waals surface area contributed by atoms with Crippen molar-refractivity contribution in [2.24, 2.45) is 0 Å². The third kappa shape index (κ3) is 2.96. The standard InChI is InChI=1S/C8H18BNO/c1-6(2)10(7(3)11)8(4,5)9/h6H,9H2,1-5H3. The molecule has 0 aromatic carbocycles. The molecule has 0 aliphatic heterocycles. The second kappa shape index (κ2) is 3.29. The highest BCUT2D eigenvalue weighted by Crippen LogP contribution is 2.13. The predicted molar refractivity (Wildman–Crippen MR) is 50.3 cm³/mol. The van der Waals surface area contributed by atoms with Crippen molar-refractivity contribution < 1.29 is 4.79 Å². The van der Waals surface area contributed by atoms with Gasteiger partial charge in [0.1, 0.15) is 7.85 Å². The lowest BCUT2D eigenvalue weighted by Crippen LogP contribution is -2.50. The summed E-state index contributed by atoms with van der Waals surface area (Å²) >= 11 is 0. The van der Waals surface area contributed by atoms with E-state index >= 15 is 0 Å². The molecule has 0 aromatic rings. The molecule has 64 valence electrons. The summed E-state index contributed by atoms with van der Waals surface area (Å²) in [4.78, 5) is 13.0. The van der Waals surface area contributed by atoms with Gasteiger partial charge in [-0.1, -0.05) is 0 Å². The number of hydrogen-bond donors (Lipinski definition) is 0. The van der Waals surface area contributed by atoms with Crippen LogP contribution in [0.1, 0.15) is 34.6 Å². The molecular weight excluding hydrogens is 137 g/mol. The van der Waals surface area contributed by atoms with E-state index in [1.165, 1.54) is 0 Å². The third-order valence-corrected chi connectivity index (χ3v) is 1.58. The fraction of sp³-hybridized carbons (Fsp3) is 0.875. The lowest BCUT2D eigenvalue weighted by molar-refractivity contribution is -0.133. The Hall–Kier alpha value is -0.465. The summed E-state index contributed by atoms with van der Waals surface area (Å²) in [6, 6.07) is 0.285. The van der Waals surface area contributed by atoms with Crippen molar-refractivity contribution >= 4 is 13.8 Å². The number of carbonyl (C=O) groups is 1. The molecule has 0 radical (unpaired) electrons. The van der Waals surface area contributed by atoms with Gasteiger partial charge in [0, 0.05) is 18.4 Å². The van der Waals surface area contributed by atoms with Crippen LogP contribution in [-0.2, 0) is 4.79 Å². The molecule has 0 unspecified atom stereocenters. The van der Waals surface area contributed by atoms with Crippen LogP contribution in [0.25, 0.3) is 0 Å². The summed E-state index contributed by atoms with van der Waals surface area (Å²) in [6.07, 6.45) is 0. The Labute approximate surface area is 70.4 Å². The van der Waals surface area contributed by atoms with Crippen molar-refractivity contribution in [2.45, 2.75) is 46.1 Å². The van der Waals surface area contributed by atoms with Crippen LogP contribution in [0.15, 0.2) is 0 Å². The molecule has 0 aliphatic carbocycles. The van der Waals surface area contributed by atoms with Crippen LogP contribution in [0.2, 0.25) is 0 Å². The predicted octanol–water partition coefficient (Wildman–Crippen LogP) is 0.612. The molecule has 0 heterocycles. The molecule has 0 rings (SSSR count). The maximum absolute atomic E-state index is 11.2. The Morgan fingerprint density at radius 1 is 1.45 bits per heavy atom. The van der Waals surface area contributed by atoms with Crippen molar-refractivity contribution in [3.05, 3.63) is 0 Å². The zero-order chi connectivity index (χ0) is 9.23. The number of hydrogen-bond acceptors (Lipinski definition) is 1. The Bertz CT molecular complexity index is 149. The van der Waals surface area contributed by atoms with Gasteiger partial charge in [0.15, 0.2) is 0 Å². The second-order valence-corrected chi connectivity index (χ2v) is 4.15. The normalized spacial score (nSPS) is 11.8. The number of nitrogens with zero attached hydrogens (tertiary/aromatic N) is 1. The van der Waals surface area contributed by atoms with Crippen LogP contribution in [0, 0.1) is 0 Å². The summed E-state index contributed by atoms with van der Waals surface area (Å²) in [5.41, 5.74) is -0.0556. The molecule has 0 bridgehead atoms. The van der Waals surface area contributed by atoms with Gasteiger partial charge in [0.05, 0.1) is 0 Å². The number of rotatable bonds is 2. The van der Waals surface area contributed by atoms with Gasteiger partial charge < -0.3 is 4.90 Å².